The summed E-state index contributed by atoms with van der Waals surface area (Å²) in [5.41, 5.74) is 3.37. The molecule has 4 aromatic rings. The van der Waals surface area contributed by atoms with Gasteiger partial charge in [0, 0.05) is 24.7 Å². The van der Waals surface area contributed by atoms with Crippen molar-refractivity contribution in [3.63, 3.8) is 0 Å². The Hall–Kier alpha value is -3.55. The quantitative estimate of drug-likeness (QED) is 0.424. The van der Waals surface area contributed by atoms with E-state index in [4.69, 9.17) is 0 Å². The van der Waals surface area contributed by atoms with Gasteiger partial charge in [0.25, 0.3) is 5.56 Å². The van der Waals surface area contributed by atoms with E-state index in [0.717, 1.165) is 16.7 Å². The lowest BCUT2D eigenvalue weighted by atomic mass is 10.1. The minimum absolute atomic E-state index is 0.252. The predicted molar refractivity (Wildman–Crippen MR) is 129 cm³/mol. The van der Waals surface area contributed by atoms with E-state index in [2.05, 4.69) is 10.2 Å². The summed E-state index contributed by atoms with van der Waals surface area (Å²) in [6.07, 6.45) is 0.568. The molecule has 0 atom stereocenters. The number of benzene rings is 3. The van der Waals surface area contributed by atoms with E-state index in [0.29, 0.717) is 17.7 Å². The number of hydrogen-bond donors (Lipinski definition) is 1. The summed E-state index contributed by atoms with van der Waals surface area (Å²) in [7, 11) is -3.85. The van der Waals surface area contributed by atoms with Crippen LogP contribution >= 0.6 is 0 Å². The first-order valence-electron chi connectivity index (χ1n) is 10.7. The number of hydrogen-bond acceptors (Lipinski definition) is 4. The number of sulfonamides is 1. The minimum Gasteiger partial charge on any atom is -0.268 e. The van der Waals surface area contributed by atoms with Gasteiger partial charge in [-0.3, -0.25) is 4.79 Å². The normalized spacial score (nSPS) is 11.6. The molecule has 4 rings (SSSR count). The van der Waals surface area contributed by atoms with Crippen molar-refractivity contribution in [3.05, 3.63) is 118 Å². The van der Waals surface area contributed by atoms with Crippen LogP contribution in [0.1, 0.15) is 23.6 Å². The lowest BCUT2D eigenvalue weighted by Gasteiger charge is -2.24. The van der Waals surface area contributed by atoms with Crippen molar-refractivity contribution < 1.29 is 8.42 Å². The molecule has 0 saturated carbocycles. The first-order valence-corrected chi connectivity index (χ1v) is 12.2. The van der Waals surface area contributed by atoms with Crippen LogP contribution in [-0.2, 0) is 29.5 Å². The van der Waals surface area contributed by atoms with Crippen LogP contribution in [0.3, 0.4) is 0 Å². The van der Waals surface area contributed by atoms with Gasteiger partial charge in [0.2, 0.25) is 10.0 Å². The van der Waals surface area contributed by atoms with Gasteiger partial charge in [-0.05, 0) is 35.2 Å². The van der Waals surface area contributed by atoms with Crippen LogP contribution in [-0.4, -0.2) is 22.9 Å². The molecule has 3 aromatic carbocycles. The van der Waals surface area contributed by atoms with Crippen LogP contribution in [0.4, 0.5) is 0 Å². The third kappa shape index (κ3) is 5.27. The average Bonchev–Trinajstić information content (AvgIpc) is 2.85. The molecule has 0 aliphatic rings. The molecule has 0 bridgehead atoms. The van der Waals surface area contributed by atoms with Gasteiger partial charge in [-0.1, -0.05) is 79.7 Å². The molecule has 1 N–H and O–H groups in total. The molecule has 7 heteroatoms. The molecule has 0 aliphatic carbocycles. The molecule has 0 amide bonds. The molecule has 0 unspecified atom stereocenters. The van der Waals surface area contributed by atoms with Gasteiger partial charge in [-0.2, -0.15) is 9.40 Å². The van der Waals surface area contributed by atoms with Crippen molar-refractivity contribution in [1.82, 2.24) is 14.5 Å². The fraction of sp³-hybridized carbons (Fsp3) is 0.154. The summed E-state index contributed by atoms with van der Waals surface area (Å²) in [6.45, 7) is 2.44. The molecular weight excluding hydrogens is 434 g/mol. The van der Waals surface area contributed by atoms with Crippen LogP contribution in [0, 0.1) is 0 Å². The van der Waals surface area contributed by atoms with Gasteiger partial charge >= 0.3 is 0 Å². The third-order valence-electron chi connectivity index (χ3n) is 5.44. The van der Waals surface area contributed by atoms with E-state index in [9.17, 15) is 13.2 Å². The minimum atomic E-state index is -3.85. The van der Waals surface area contributed by atoms with E-state index >= 15 is 0 Å². The number of nitrogens with one attached hydrogen (secondary N) is 1. The highest BCUT2D eigenvalue weighted by molar-refractivity contribution is 7.89. The van der Waals surface area contributed by atoms with Gasteiger partial charge in [0.15, 0.2) is 0 Å². The molecule has 0 radical (unpaired) electrons. The third-order valence-corrected chi connectivity index (χ3v) is 7.32. The Kier molecular flexibility index (Phi) is 6.82. The first-order chi connectivity index (χ1) is 16.0. The number of aromatic nitrogens is 2. The molecule has 0 spiro atoms. The standard InChI is InChI=1S/C26H25N3O3S/c1-2-22-13-14-23(24-15-16-26(30)28-27-24)17-25(22)33(31,32)29(18-20-9-5-3-6-10-20)19-21-11-7-4-8-12-21/h3-17H,2,18-19H2,1H3,(H,28,30). The van der Waals surface area contributed by atoms with Crippen LogP contribution in [0.25, 0.3) is 11.3 Å². The van der Waals surface area contributed by atoms with Crippen molar-refractivity contribution in [2.24, 2.45) is 0 Å². The Morgan fingerprint density at radius 1 is 0.818 bits per heavy atom. The Morgan fingerprint density at radius 3 is 1.94 bits per heavy atom. The van der Waals surface area contributed by atoms with E-state index in [1.807, 2.05) is 79.7 Å². The molecule has 1 heterocycles. The summed E-state index contributed by atoms with van der Waals surface area (Å²) in [6, 6.07) is 27.4. The SMILES string of the molecule is CCc1ccc(-c2ccc(=O)[nH]n2)cc1S(=O)(=O)N(Cc1ccccc1)Cc1ccccc1. The molecule has 0 saturated heterocycles. The summed E-state index contributed by atoms with van der Waals surface area (Å²) in [4.78, 5) is 11.6. The Morgan fingerprint density at radius 2 is 1.42 bits per heavy atom. The van der Waals surface area contributed by atoms with E-state index in [1.165, 1.54) is 10.4 Å². The fourth-order valence-corrected chi connectivity index (χ4v) is 5.43. The van der Waals surface area contributed by atoms with Crippen molar-refractivity contribution in [1.29, 1.82) is 0 Å². The Balaban J connectivity index is 1.79. The second kappa shape index (κ2) is 9.94. The van der Waals surface area contributed by atoms with Crippen molar-refractivity contribution in [2.45, 2.75) is 31.3 Å². The smallest absolute Gasteiger partial charge is 0.264 e. The fourth-order valence-electron chi connectivity index (χ4n) is 3.69. The van der Waals surface area contributed by atoms with Gasteiger partial charge < -0.3 is 0 Å². The molecule has 0 fully saturated rings. The van der Waals surface area contributed by atoms with Gasteiger partial charge in [0.1, 0.15) is 0 Å². The van der Waals surface area contributed by atoms with E-state index in [-0.39, 0.29) is 23.5 Å². The first kappa shape index (κ1) is 22.6. The second-order valence-corrected chi connectivity index (χ2v) is 9.63. The summed E-state index contributed by atoms with van der Waals surface area (Å²) in [5, 5.41) is 6.47. The highest BCUT2D eigenvalue weighted by Crippen LogP contribution is 2.28. The summed E-state index contributed by atoms with van der Waals surface area (Å²) < 4.78 is 29.5. The molecule has 168 valence electrons. The summed E-state index contributed by atoms with van der Waals surface area (Å²) >= 11 is 0. The van der Waals surface area contributed by atoms with Crippen LogP contribution in [0.2, 0.25) is 0 Å². The van der Waals surface area contributed by atoms with Crippen LogP contribution in [0.15, 0.2) is 101 Å². The average molecular weight is 460 g/mol. The maximum Gasteiger partial charge on any atom is 0.264 e. The second-order valence-electron chi connectivity index (χ2n) is 7.73. The number of nitrogens with zero attached hydrogens (tertiary/aromatic N) is 2. The predicted octanol–water partition coefficient (Wildman–Crippen LogP) is 4.39. The Labute approximate surface area is 193 Å². The molecule has 0 aliphatic heterocycles. The molecule has 6 nitrogen and oxygen atoms in total. The van der Waals surface area contributed by atoms with Gasteiger partial charge in [0.05, 0.1) is 10.6 Å². The number of H-pyrrole nitrogens is 1. The van der Waals surface area contributed by atoms with E-state index < -0.39 is 10.0 Å². The maximum absolute atomic E-state index is 14.0. The molecule has 1 aromatic heterocycles. The zero-order valence-corrected chi connectivity index (χ0v) is 19.1. The van der Waals surface area contributed by atoms with Crippen molar-refractivity contribution >= 4 is 10.0 Å². The van der Waals surface area contributed by atoms with Crippen molar-refractivity contribution in [2.75, 3.05) is 0 Å². The van der Waals surface area contributed by atoms with Gasteiger partial charge in [-0.15, -0.1) is 0 Å². The van der Waals surface area contributed by atoms with E-state index in [1.54, 1.807) is 12.1 Å². The Bertz CT molecular complexity index is 1320. The lowest BCUT2D eigenvalue weighted by Crippen LogP contribution is -2.31. The largest absolute Gasteiger partial charge is 0.268 e. The van der Waals surface area contributed by atoms with Crippen LogP contribution < -0.4 is 5.56 Å². The zero-order chi connectivity index (χ0) is 23.3. The topological polar surface area (TPSA) is 83.1 Å². The molecular formula is C26H25N3O3S. The maximum atomic E-state index is 14.0. The van der Waals surface area contributed by atoms with Crippen molar-refractivity contribution in [3.8, 4) is 11.3 Å². The number of rotatable bonds is 8. The zero-order valence-electron chi connectivity index (χ0n) is 18.3. The lowest BCUT2D eigenvalue weighted by molar-refractivity contribution is 0.400. The number of aromatic amines is 1. The van der Waals surface area contributed by atoms with Gasteiger partial charge in [-0.25, -0.2) is 13.5 Å². The number of aryl methyl sites for hydroxylation is 1. The summed E-state index contributed by atoms with van der Waals surface area (Å²) in [5.74, 6) is 0. The monoisotopic (exact) mass is 459 g/mol. The molecule has 33 heavy (non-hydrogen) atoms. The highest BCUT2D eigenvalue weighted by atomic mass is 32.2. The van der Waals surface area contributed by atoms with Crippen LogP contribution in [0.5, 0.6) is 0 Å². The highest BCUT2D eigenvalue weighted by Gasteiger charge is 2.28.